The van der Waals surface area contributed by atoms with Crippen LogP contribution >= 0.6 is 0 Å². The van der Waals surface area contributed by atoms with Crippen molar-refractivity contribution in [3.8, 4) is 11.8 Å². The van der Waals surface area contributed by atoms with Crippen LogP contribution in [0.5, 0.6) is 5.75 Å². The number of para-hydroxylation sites is 1. The summed E-state index contributed by atoms with van der Waals surface area (Å²) in [6.07, 6.45) is 3.23. The van der Waals surface area contributed by atoms with Crippen molar-refractivity contribution in [3.63, 3.8) is 0 Å². The van der Waals surface area contributed by atoms with Crippen molar-refractivity contribution in [2.45, 2.75) is 26.7 Å². The van der Waals surface area contributed by atoms with E-state index in [-0.39, 0.29) is 5.57 Å². The van der Waals surface area contributed by atoms with Crippen molar-refractivity contribution < 1.29 is 14.3 Å². The van der Waals surface area contributed by atoms with E-state index < -0.39 is 5.97 Å². The fourth-order valence-corrected chi connectivity index (χ4v) is 1.57. The minimum absolute atomic E-state index is 0.0201. The lowest BCUT2D eigenvalue weighted by Crippen LogP contribution is -2.08. The van der Waals surface area contributed by atoms with Crippen molar-refractivity contribution in [1.29, 1.82) is 5.26 Å². The van der Waals surface area contributed by atoms with E-state index in [1.807, 2.05) is 32.0 Å². The van der Waals surface area contributed by atoms with E-state index in [4.69, 9.17) is 14.7 Å². The van der Waals surface area contributed by atoms with Crippen LogP contribution in [0.4, 0.5) is 0 Å². The molecule has 0 radical (unpaired) electrons. The molecule has 1 rings (SSSR count). The normalized spacial score (nSPS) is 10.8. The Kier molecular flexibility index (Phi) is 6.91. The highest BCUT2D eigenvalue weighted by molar-refractivity contribution is 5.98. The largest absolute Gasteiger partial charge is 0.493 e. The number of ether oxygens (including phenoxy) is 2. The number of benzene rings is 1. The monoisotopic (exact) mass is 273 g/mol. The molecule has 0 saturated carbocycles. The average Bonchev–Trinajstić information content (AvgIpc) is 2.46. The van der Waals surface area contributed by atoms with Gasteiger partial charge < -0.3 is 9.47 Å². The van der Waals surface area contributed by atoms with Crippen LogP contribution < -0.4 is 4.74 Å². The average molecular weight is 273 g/mol. The van der Waals surface area contributed by atoms with Gasteiger partial charge in [0, 0.05) is 5.56 Å². The fourth-order valence-electron chi connectivity index (χ4n) is 1.57. The maximum atomic E-state index is 11.8. The van der Waals surface area contributed by atoms with Crippen LogP contribution in [-0.4, -0.2) is 19.2 Å². The number of hydrogen-bond acceptors (Lipinski definition) is 4. The number of carbonyl (C=O) groups is 1. The van der Waals surface area contributed by atoms with Gasteiger partial charge in [-0.05, 0) is 25.5 Å². The van der Waals surface area contributed by atoms with Gasteiger partial charge in [-0.1, -0.05) is 31.5 Å². The van der Waals surface area contributed by atoms with Gasteiger partial charge in [0.2, 0.25) is 0 Å². The third kappa shape index (κ3) is 4.77. The van der Waals surface area contributed by atoms with Gasteiger partial charge in [0.05, 0.1) is 13.2 Å². The van der Waals surface area contributed by atoms with E-state index in [1.165, 1.54) is 6.08 Å². The zero-order chi connectivity index (χ0) is 14.8. The first-order chi connectivity index (χ1) is 9.72. The zero-order valence-corrected chi connectivity index (χ0v) is 11.9. The molecular weight excluding hydrogens is 254 g/mol. The maximum absolute atomic E-state index is 11.8. The van der Waals surface area contributed by atoms with Crippen LogP contribution in [0, 0.1) is 11.3 Å². The van der Waals surface area contributed by atoms with Gasteiger partial charge in [-0.3, -0.25) is 0 Å². The Morgan fingerprint density at radius 1 is 1.35 bits per heavy atom. The van der Waals surface area contributed by atoms with E-state index in [0.717, 1.165) is 12.8 Å². The highest BCUT2D eigenvalue weighted by Gasteiger charge is 2.11. The summed E-state index contributed by atoms with van der Waals surface area (Å²) in [5.41, 5.74) is 0.673. The molecule has 0 aliphatic carbocycles. The van der Waals surface area contributed by atoms with E-state index in [9.17, 15) is 4.79 Å². The molecule has 0 aliphatic rings. The quantitative estimate of drug-likeness (QED) is 0.331. The fraction of sp³-hybridized carbons (Fsp3) is 0.375. The van der Waals surface area contributed by atoms with E-state index in [0.29, 0.717) is 24.5 Å². The van der Waals surface area contributed by atoms with Gasteiger partial charge >= 0.3 is 5.97 Å². The first-order valence-electron chi connectivity index (χ1n) is 6.73. The highest BCUT2D eigenvalue weighted by Crippen LogP contribution is 2.21. The van der Waals surface area contributed by atoms with Gasteiger partial charge in [0.1, 0.15) is 17.4 Å². The van der Waals surface area contributed by atoms with Gasteiger partial charge in [-0.25, -0.2) is 4.79 Å². The minimum atomic E-state index is -0.591. The Bertz CT molecular complexity index is 515. The van der Waals surface area contributed by atoms with E-state index in [2.05, 4.69) is 0 Å². The molecule has 1 aromatic carbocycles. The first-order valence-corrected chi connectivity index (χ1v) is 6.73. The van der Waals surface area contributed by atoms with Crippen LogP contribution in [0.15, 0.2) is 29.8 Å². The number of carbonyl (C=O) groups excluding carboxylic acids is 1. The summed E-state index contributed by atoms with van der Waals surface area (Å²) < 4.78 is 10.5. The molecule has 0 saturated heterocycles. The molecule has 106 valence electrons. The Labute approximate surface area is 119 Å². The molecule has 0 amide bonds. The second kappa shape index (κ2) is 8.76. The Hall–Kier alpha value is -2.28. The molecule has 0 aromatic heterocycles. The lowest BCUT2D eigenvalue weighted by Gasteiger charge is -2.07. The number of nitriles is 1. The van der Waals surface area contributed by atoms with E-state index >= 15 is 0 Å². The topological polar surface area (TPSA) is 59.3 Å². The molecule has 0 aliphatic heterocycles. The lowest BCUT2D eigenvalue weighted by molar-refractivity contribution is -0.138. The third-order valence-corrected chi connectivity index (χ3v) is 2.59. The molecule has 4 nitrogen and oxygen atoms in total. The molecule has 0 fully saturated rings. The van der Waals surface area contributed by atoms with Gasteiger partial charge in [0.25, 0.3) is 0 Å². The van der Waals surface area contributed by atoms with Gasteiger partial charge in [0.15, 0.2) is 0 Å². The van der Waals surface area contributed by atoms with Crippen LogP contribution in [-0.2, 0) is 9.53 Å². The molecule has 1 aromatic rings. The molecular formula is C16H19NO3. The Morgan fingerprint density at radius 2 is 2.10 bits per heavy atom. The van der Waals surface area contributed by atoms with Gasteiger partial charge in [-0.2, -0.15) is 5.26 Å². The standard InChI is InChI=1S/C16H19NO3/c1-3-5-10-20-16(18)14(12-17)11-13-8-6-7-9-15(13)19-4-2/h6-9,11H,3-5,10H2,1-2H3/b14-11+. The van der Waals surface area contributed by atoms with E-state index in [1.54, 1.807) is 12.1 Å². The summed E-state index contributed by atoms with van der Waals surface area (Å²) in [6, 6.07) is 9.14. The smallest absolute Gasteiger partial charge is 0.348 e. The van der Waals surface area contributed by atoms with Gasteiger partial charge in [-0.15, -0.1) is 0 Å². The molecule has 0 heterocycles. The summed E-state index contributed by atoms with van der Waals surface area (Å²) >= 11 is 0. The summed E-state index contributed by atoms with van der Waals surface area (Å²) in [5.74, 6) is 0.0522. The molecule has 0 atom stereocenters. The SMILES string of the molecule is CCCCOC(=O)/C(C#N)=C/c1ccccc1OCC. The summed E-state index contributed by atoms with van der Waals surface area (Å²) in [7, 11) is 0. The molecule has 0 N–H and O–H groups in total. The molecule has 0 spiro atoms. The lowest BCUT2D eigenvalue weighted by atomic mass is 10.1. The first kappa shape index (κ1) is 15.8. The van der Waals surface area contributed by atoms with Crippen molar-refractivity contribution in [2.75, 3.05) is 13.2 Å². The zero-order valence-electron chi connectivity index (χ0n) is 11.9. The predicted molar refractivity (Wildman–Crippen MR) is 77.1 cm³/mol. The molecule has 0 bridgehead atoms. The number of hydrogen-bond donors (Lipinski definition) is 0. The highest BCUT2D eigenvalue weighted by atomic mass is 16.5. The summed E-state index contributed by atoms with van der Waals surface area (Å²) in [6.45, 7) is 4.74. The van der Waals surface area contributed by atoms with Crippen LogP contribution in [0.3, 0.4) is 0 Å². The van der Waals surface area contributed by atoms with Crippen molar-refractivity contribution in [2.24, 2.45) is 0 Å². The minimum Gasteiger partial charge on any atom is -0.493 e. The number of esters is 1. The van der Waals surface area contributed by atoms with Crippen LogP contribution in [0.25, 0.3) is 6.08 Å². The summed E-state index contributed by atoms with van der Waals surface area (Å²) in [5, 5.41) is 9.08. The second-order valence-electron chi connectivity index (χ2n) is 4.13. The maximum Gasteiger partial charge on any atom is 0.348 e. The van der Waals surface area contributed by atoms with Crippen molar-refractivity contribution >= 4 is 12.0 Å². The Balaban J connectivity index is 2.89. The molecule has 4 heteroatoms. The predicted octanol–water partition coefficient (Wildman–Crippen LogP) is 3.34. The van der Waals surface area contributed by atoms with Crippen molar-refractivity contribution in [3.05, 3.63) is 35.4 Å². The number of nitrogens with zero attached hydrogens (tertiary/aromatic N) is 1. The van der Waals surface area contributed by atoms with Crippen molar-refractivity contribution in [1.82, 2.24) is 0 Å². The Morgan fingerprint density at radius 3 is 2.75 bits per heavy atom. The third-order valence-electron chi connectivity index (χ3n) is 2.59. The molecule has 0 unspecified atom stereocenters. The van der Waals surface area contributed by atoms with Crippen LogP contribution in [0.1, 0.15) is 32.3 Å². The number of unbranched alkanes of at least 4 members (excludes halogenated alkanes) is 1. The van der Waals surface area contributed by atoms with Crippen LogP contribution in [0.2, 0.25) is 0 Å². The molecule has 20 heavy (non-hydrogen) atoms. The summed E-state index contributed by atoms with van der Waals surface area (Å²) in [4.78, 5) is 11.8. The second-order valence-corrected chi connectivity index (χ2v) is 4.13. The number of rotatable bonds is 7.